The van der Waals surface area contributed by atoms with Gasteiger partial charge in [0.05, 0.1) is 6.61 Å². The maximum absolute atomic E-state index is 12.1. The zero-order chi connectivity index (χ0) is 14.7. The Morgan fingerprint density at radius 2 is 2.15 bits per heavy atom. The molecule has 0 saturated heterocycles. The molecule has 1 amide bonds. The van der Waals surface area contributed by atoms with Crippen LogP contribution >= 0.6 is 11.3 Å². The van der Waals surface area contributed by atoms with Gasteiger partial charge in [0.25, 0.3) is 0 Å². The molecule has 5 nitrogen and oxygen atoms in total. The quantitative estimate of drug-likeness (QED) is 0.877. The van der Waals surface area contributed by atoms with E-state index in [4.69, 9.17) is 9.15 Å². The second kappa shape index (κ2) is 5.92. The molecule has 2 aromatic rings. The molecular formula is C14H15NO4S. The number of esters is 1. The summed E-state index contributed by atoms with van der Waals surface area (Å²) in [4.78, 5) is 23.3. The van der Waals surface area contributed by atoms with Gasteiger partial charge in [-0.2, -0.15) is 0 Å². The zero-order valence-corrected chi connectivity index (χ0v) is 12.3. The monoisotopic (exact) mass is 293 g/mol. The van der Waals surface area contributed by atoms with Crippen LogP contribution in [0.4, 0.5) is 5.00 Å². The number of furan rings is 1. The summed E-state index contributed by atoms with van der Waals surface area (Å²) < 4.78 is 10.6. The van der Waals surface area contributed by atoms with E-state index in [2.05, 4.69) is 5.32 Å². The standard InChI is InChI=1S/C14H15NO4S/c1-4-18-14(17)12-10(11-6-5-8(2)19-11)7-20-13(12)15-9(3)16/h5-7H,4H2,1-3H3,(H,15,16). The number of rotatable bonds is 4. The molecule has 0 spiro atoms. The third kappa shape index (κ3) is 2.91. The van der Waals surface area contributed by atoms with Crippen molar-refractivity contribution < 1.29 is 18.7 Å². The van der Waals surface area contributed by atoms with E-state index in [9.17, 15) is 9.59 Å². The molecule has 106 valence electrons. The Balaban J connectivity index is 2.48. The maximum Gasteiger partial charge on any atom is 0.341 e. The summed E-state index contributed by atoms with van der Waals surface area (Å²) in [5, 5.41) is 4.89. The molecule has 0 aliphatic rings. The van der Waals surface area contributed by atoms with Gasteiger partial charge in [-0.05, 0) is 26.0 Å². The predicted octanol–water partition coefficient (Wildman–Crippen LogP) is 3.45. The minimum Gasteiger partial charge on any atom is -0.462 e. The van der Waals surface area contributed by atoms with Gasteiger partial charge in [-0.3, -0.25) is 4.79 Å². The first-order valence-electron chi connectivity index (χ1n) is 6.16. The third-order valence-corrected chi connectivity index (χ3v) is 3.46. The van der Waals surface area contributed by atoms with Crippen LogP contribution in [-0.2, 0) is 9.53 Å². The maximum atomic E-state index is 12.1. The topological polar surface area (TPSA) is 68.5 Å². The molecule has 20 heavy (non-hydrogen) atoms. The highest BCUT2D eigenvalue weighted by molar-refractivity contribution is 7.15. The van der Waals surface area contributed by atoms with Gasteiger partial charge in [0.2, 0.25) is 5.91 Å². The molecule has 6 heteroatoms. The molecule has 0 saturated carbocycles. The van der Waals surface area contributed by atoms with Gasteiger partial charge >= 0.3 is 5.97 Å². The highest BCUT2D eigenvalue weighted by Gasteiger charge is 2.23. The van der Waals surface area contributed by atoms with Gasteiger partial charge < -0.3 is 14.5 Å². The number of carbonyl (C=O) groups is 2. The fourth-order valence-electron chi connectivity index (χ4n) is 1.78. The van der Waals surface area contributed by atoms with Crippen LogP contribution in [0.1, 0.15) is 30.0 Å². The van der Waals surface area contributed by atoms with Crippen molar-refractivity contribution in [1.29, 1.82) is 0 Å². The first-order valence-corrected chi connectivity index (χ1v) is 7.04. The molecule has 0 radical (unpaired) electrons. The van der Waals surface area contributed by atoms with Gasteiger partial charge in [-0.25, -0.2) is 4.79 Å². The Labute approximate surface area is 120 Å². The molecule has 2 aromatic heterocycles. The van der Waals surface area contributed by atoms with Crippen LogP contribution in [0.2, 0.25) is 0 Å². The molecule has 2 heterocycles. The largest absolute Gasteiger partial charge is 0.462 e. The summed E-state index contributed by atoms with van der Waals surface area (Å²) in [5.74, 6) is 0.626. The van der Waals surface area contributed by atoms with Gasteiger partial charge in [-0.1, -0.05) is 0 Å². The number of nitrogens with one attached hydrogen (secondary N) is 1. The van der Waals surface area contributed by atoms with Crippen LogP contribution in [0.3, 0.4) is 0 Å². The lowest BCUT2D eigenvalue weighted by molar-refractivity contribution is -0.114. The molecular weight excluding hydrogens is 278 g/mol. The van der Waals surface area contributed by atoms with Gasteiger partial charge in [0, 0.05) is 17.9 Å². The van der Waals surface area contributed by atoms with Crippen molar-refractivity contribution in [3.05, 3.63) is 28.8 Å². The molecule has 0 unspecified atom stereocenters. The van der Waals surface area contributed by atoms with Crippen molar-refractivity contribution in [2.45, 2.75) is 20.8 Å². The van der Waals surface area contributed by atoms with Crippen molar-refractivity contribution >= 4 is 28.2 Å². The Kier molecular flexibility index (Phi) is 4.24. The van der Waals surface area contributed by atoms with Gasteiger partial charge in [0.15, 0.2) is 0 Å². The lowest BCUT2D eigenvalue weighted by atomic mass is 10.1. The predicted molar refractivity (Wildman–Crippen MR) is 77.0 cm³/mol. The van der Waals surface area contributed by atoms with Crippen LogP contribution in [-0.4, -0.2) is 18.5 Å². The Bertz CT molecular complexity index is 641. The highest BCUT2D eigenvalue weighted by atomic mass is 32.1. The van der Waals surface area contributed by atoms with Crippen LogP contribution in [0, 0.1) is 6.92 Å². The fourth-order valence-corrected chi connectivity index (χ4v) is 2.76. The van der Waals surface area contributed by atoms with Crippen molar-refractivity contribution in [3.63, 3.8) is 0 Å². The summed E-state index contributed by atoms with van der Waals surface area (Å²) in [7, 11) is 0. The smallest absolute Gasteiger partial charge is 0.341 e. The SMILES string of the molecule is CCOC(=O)c1c(-c2ccc(C)o2)csc1NC(C)=O. The van der Waals surface area contributed by atoms with E-state index in [1.165, 1.54) is 18.3 Å². The van der Waals surface area contributed by atoms with E-state index in [-0.39, 0.29) is 12.5 Å². The summed E-state index contributed by atoms with van der Waals surface area (Å²) in [6, 6.07) is 3.61. The van der Waals surface area contributed by atoms with Crippen LogP contribution in [0.25, 0.3) is 11.3 Å². The number of thiophene rings is 1. The average molecular weight is 293 g/mol. The highest BCUT2D eigenvalue weighted by Crippen LogP contribution is 2.36. The minimum atomic E-state index is -0.471. The van der Waals surface area contributed by atoms with E-state index >= 15 is 0 Å². The molecule has 0 aliphatic carbocycles. The molecule has 0 fully saturated rings. The van der Waals surface area contributed by atoms with Crippen LogP contribution in [0.5, 0.6) is 0 Å². The van der Waals surface area contributed by atoms with E-state index < -0.39 is 5.97 Å². The van der Waals surface area contributed by atoms with Crippen molar-refractivity contribution in [1.82, 2.24) is 0 Å². The molecule has 0 atom stereocenters. The number of aryl methyl sites for hydroxylation is 1. The molecule has 0 bridgehead atoms. The van der Waals surface area contributed by atoms with E-state index in [0.717, 1.165) is 5.76 Å². The van der Waals surface area contributed by atoms with Crippen LogP contribution < -0.4 is 5.32 Å². The Morgan fingerprint density at radius 1 is 1.40 bits per heavy atom. The zero-order valence-electron chi connectivity index (χ0n) is 11.5. The number of anilines is 1. The lowest BCUT2D eigenvalue weighted by Gasteiger charge is -2.06. The average Bonchev–Trinajstić information content (AvgIpc) is 2.95. The van der Waals surface area contributed by atoms with E-state index in [1.807, 2.05) is 13.0 Å². The number of amides is 1. The second-order valence-electron chi connectivity index (χ2n) is 4.17. The number of hydrogen-bond donors (Lipinski definition) is 1. The van der Waals surface area contributed by atoms with Crippen molar-refractivity contribution in [3.8, 4) is 11.3 Å². The summed E-state index contributed by atoms with van der Waals surface area (Å²) in [6.07, 6.45) is 0. The van der Waals surface area contributed by atoms with Gasteiger partial charge in [-0.15, -0.1) is 11.3 Å². The first kappa shape index (κ1) is 14.3. The number of carbonyl (C=O) groups excluding carboxylic acids is 2. The Morgan fingerprint density at radius 3 is 2.70 bits per heavy atom. The first-order chi connectivity index (χ1) is 9.52. The van der Waals surface area contributed by atoms with Crippen molar-refractivity contribution in [2.75, 3.05) is 11.9 Å². The van der Waals surface area contributed by atoms with E-state index in [1.54, 1.807) is 18.4 Å². The van der Waals surface area contributed by atoms with Gasteiger partial charge in [0.1, 0.15) is 22.1 Å². The summed E-state index contributed by atoms with van der Waals surface area (Å²) in [5.41, 5.74) is 0.965. The second-order valence-corrected chi connectivity index (χ2v) is 5.05. The third-order valence-electron chi connectivity index (χ3n) is 2.57. The fraction of sp³-hybridized carbons (Fsp3) is 0.286. The van der Waals surface area contributed by atoms with Crippen molar-refractivity contribution in [2.24, 2.45) is 0 Å². The Hall–Kier alpha value is -2.08. The molecule has 2 rings (SSSR count). The lowest BCUT2D eigenvalue weighted by Crippen LogP contribution is -2.11. The summed E-state index contributed by atoms with van der Waals surface area (Å²) in [6.45, 7) is 5.23. The molecule has 0 aliphatic heterocycles. The normalized spacial score (nSPS) is 10.3. The van der Waals surface area contributed by atoms with Crippen LogP contribution in [0.15, 0.2) is 21.9 Å². The molecule has 0 aromatic carbocycles. The number of hydrogen-bond acceptors (Lipinski definition) is 5. The number of ether oxygens (including phenoxy) is 1. The minimum absolute atomic E-state index is 0.237. The van der Waals surface area contributed by atoms with E-state index in [0.29, 0.717) is 21.9 Å². The molecule has 1 N–H and O–H groups in total. The summed E-state index contributed by atoms with van der Waals surface area (Å²) >= 11 is 1.27.